The normalized spacial score (nSPS) is 11.8. The van der Waals surface area contributed by atoms with E-state index in [0.717, 1.165) is 0 Å². The molecule has 0 aromatic heterocycles. The highest BCUT2D eigenvalue weighted by Gasteiger charge is 2.11. The van der Waals surface area contributed by atoms with Crippen LogP contribution in [-0.4, -0.2) is 10.2 Å². The topological polar surface area (TPSA) is 66.9 Å². The van der Waals surface area contributed by atoms with E-state index >= 15 is 0 Å². The van der Waals surface area contributed by atoms with Gasteiger partial charge in [0.15, 0.2) is 0 Å². The molecule has 15 heavy (non-hydrogen) atoms. The molecule has 0 amide bonds. The summed E-state index contributed by atoms with van der Waals surface area (Å²) < 4.78 is 0. The highest BCUT2D eigenvalue weighted by Crippen LogP contribution is 2.32. The maximum absolute atomic E-state index is 10.4. The van der Waals surface area contributed by atoms with Crippen LogP contribution in [0.15, 0.2) is 23.1 Å². The third kappa shape index (κ3) is 3.11. The van der Waals surface area contributed by atoms with Gasteiger partial charge < -0.3 is 0 Å². The van der Waals surface area contributed by atoms with Crippen LogP contribution in [0.5, 0.6) is 0 Å². The Hall–Kier alpha value is -1.25. The van der Waals surface area contributed by atoms with Crippen LogP contribution in [0.1, 0.15) is 6.92 Å². The molecule has 0 aliphatic carbocycles. The zero-order chi connectivity index (χ0) is 11.4. The van der Waals surface area contributed by atoms with E-state index < -0.39 is 4.92 Å². The summed E-state index contributed by atoms with van der Waals surface area (Å²) in [5.41, 5.74) is -0.0473. The largest absolute Gasteiger partial charge is 0.270 e. The number of hydrogen-bond donors (Lipinski definition) is 0. The van der Waals surface area contributed by atoms with Crippen LogP contribution < -0.4 is 0 Å². The molecule has 0 aliphatic rings. The second kappa shape index (κ2) is 5.01. The molecule has 1 aromatic carbocycles. The Kier molecular flexibility index (Phi) is 3.95. The number of benzene rings is 1. The van der Waals surface area contributed by atoms with E-state index in [4.69, 9.17) is 16.9 Å². The molecule has 0 unspecified atom stereocenters. The van der Waals surface area contributed by atoms with Crippen LogP contribution >= 0.6 is 23.4 Å². The molecule has 0 radical (unpaired) electrons. The fourth-order valence-corrected chi connectivity index (χ4v) is 1.98. The van der Waals surface area contributed by atoms with Gasteiger partial charge in [0.05, 0.1) is 21.3 Å². The molecule has 0 bridgehead atoms. The number of non-ortho nitro benzene ring substituents is 1. The quantitative estimate of drug-likeness (QED) is 0.464. The van der Waals surface area contributed by atoms with Crippen molar-refractivity contribution in [2.45, 2.75) is 17.1 Å². The van der Waals surface area contributed by atoms with Gasteiger partial charge in [0, 0.05) is 17.0 Å². The smallest absolute Gasteiger partial charge is 0.258 e. The van der Waals surface area contributed by atoms with Crippen LogP contribution in [-0.2, 0) is 0 Å². The molecule has 0 spiro atoms. The Labute approximate surface area is 96.0 Å². The SMILES string of the molecule is C[C@H](C#N)Sc1ccc([N+](=O)[O-])cc1Cl. The molecular formula is C9H7ClN2O2S. The Balaban J connectivity index is 2.94. The fraction of sp³-hybridized carbons (Fsp3) is 0.222. The fourth-order valence-electron chi connectivity index (χ4n) is 0.916. The predicted octanol–water partition coefficient (Wildman–Crippen LogP) is 3.25. The van der Waals surface area contributed by atoms with E-state index in [1.165, 1.54) is 23.9 Å². The Bertz CT molecular complexity index is 431. The number of nitrogens with zero attached hydrogens (tertiary/aromatic N) is 2. The molecule has 0 N–H and O–H groups in total. The number of nitriles is 1. The van der Waals surface area contributed by atoms with E-state index in [1.807, 2.05) is 6.07 Å². The predicted molar refractivity (Wildman–Crippen MR) is 59.0 cm³/mol. The minimum atomic E-state index is -0.506. The van der Waals surface area contributed by atoms with Gasteiger partial charge in [-0.15, -0.1) is 11.8 Å². The summed E-state index contributed by atoms with van der Waals surface area (Å²) in [6.07, 6.45) is 0. The minimum Gasteiger partial charge on any atom is -0.258 e. The standard InChI is InChI=1S/C9H7ClN2O2S/c1-6(5-11)15-9-3-2-7(12(13)14)4-8(9)10/h2-4,6H,1H3/t6-/m1/s1. The van der Waals surface area contributed by atoms with E-state index in [2.05, 4.69) is 0 Å². The summed E-state index contributed by atoms with van der Waals surface area (Å²) >= 11 is 7.11. The average molecular weight is 243 g/mol. The van der Waals surface area contributed by atoms with Crippen molar-refractivity contribution >= 4 is 29.1 Å². The first-order valence-corrected chi connectivity index (χ1v) is 5.30. The average Bonchev–Trinajstić information content (AvgIpc) is 2.20. The summed E-state index contributed by atoms with van der Waals surface area (Å²) in [6, 6.07) is 6.26. The maximum Gasteiger partial charge on any atom is 0.270 e. The summed E-state index contributed by atoms with van der Waals surface area (Å²) in [5.74, 6) is 0. The minimum absolute atomic E-state index is 0.0473. The Morgan fingerprint density at radius 3 is 2.80 bits per heavy atom. The van der Waals surface area contributed by atoms with Gasteiger partial charge in [-0.1, -0.05) is 11.6 Å². The summed E-state index contributed by atoms with van der Waals surface area (Å²) in [5, 5.41) is 19.1. The number of hydrogen-bond acceptors (Lipinski definition) is 4. The van der Waals surface area contributed by atoms with Crippen molar-refractivity contribution in [3.8, 4) is 6.07 Å². The highest BCUT2D eigenvalue weighted by atomic mass is 35.5. The number of nitro benzene ring substituents is 1. The van der Waals surface area contributed by atoms with Crippen molar-refractivity contribution < 1.29 is 4.92 Å². The van der Waals surface area contributed by atoms with E-state index in [0.29, 0.717) is 9.92 Å². The van der Waals surface area contributed by atoms with Gasteiger partial charge in [-0.05, 0) is 13.0 Å². The van der Waals surface area contributed by atoms with Crippen molar-refractivity contribution in [1.82, 2.24) is 0 Å². The lowest BCUT2D eigenvalue weighted by Gasteiger charge is -2.04. The zero-order valence-electron chi connectivity index (χ0n) is 7.81. The van der Waals surface area contributed by atoms with Crippen molar-refractivity contribution in [2.75, 3.05) is 0 Å². The number of halogens is 1. The number of thioether (sulfide) groups is 1. The van der Waals surface area contributed by atoms with Gasteiger partial charge in [-0.25, -0.2) is 0 Å². The van der Waals surface area contributed by atoms with Crippen molar-refractivity contribution in [1.29, 1.82) is 5.26 Å². The summed E-state index contributed by atoms with van der Waals surface area (Å²) in [6.45, 7) is 1.74. The van der Waals surface area contributed by atoms with Crippen molar-refractivity contribution in [3.63, 3.8) is 0 Å². The third-order valence-corrected chi connectivity index (χ3v) is 3.11. The van der Waals surface area contributed by atoms with Gasteiger partial charge in [0.25, 0.3) is 5.69 Å². The molecule has 6 heteroatoms. The molecular weight excluding hydrogens is 236 g/mol. The molecule has 0 aliphatic heterocycles. The van der Waals surface area contributed by atoms with Gasteiger partial charge in [0.1, 0.15) is 0 Å². The molecule has 1 aromatic rings. The van der Waals surface area contributed by atoms with E-state index in [1.54, 1.807) is 13.0 Å². The molecule has 0 fully saturated rings. The second-order valence-electron chi connectivity index (χ2n) is 2.76. The van der Waals surface area contributed by atoms with E-state index in [9.17, 15) is 10.1 Å². The van der Waals surface area contributed by atoms with Gasteiger partial charge in [-0.3, -0.25) is 10.1 Å². The molecule has 1 atom stereocenters. The second-order valence-corrected chi connectivity index (χ2v) is 4.55. The maximum atomic E-state index is 10.4. The third-order valence-electron chi connectivity index (χ3n) is 1.61. The molecule has 0 saturated heterocycles. The van der Waals surface area contributed by atoms with Crippen molar-refractivity contribution in [2.24, 2.45) is 0 Å². The Morgan fingerprint density at radius 2 is 2.33 bits per heavy atom. The monoisotopic (exact) mass is 242 g/mol. The molecule has 1 rings (SSSR count). The summed E-state index contributed by atoms with van der Waals surface area (Å²) in [7, 11) is 0. The molecule has 0 saturated carbocycles. The van der Waals surface area contributed by atoms with Crippen LogP contribution in [0.2, 0.25) is 5.02 Å². The lowest BCUT2D eigenvalue weighted by Crippen LogP contribution is -1.91. The van der Waals surface area contributed by atoms with Crippen LogP contribution in [0.25, 0.3) is 0 Å². The van der Waals surface area contributed by atoms with Gasteiger partial charge in [0.2, 0.25) is 0 Å². The first-order valence-electron chi connectivity index (χ1n) is 4.05. The zero-order valence-corrected chi connectivity index (χ0v) is 9.38. The van der Waals surface area contributed by atoms with Crippen molar-refractivity contribution in [3.05, 3.63) is 33.3 Å². The van der Waals surface area contributed by atoms with Crippen LogP contribution in [0.4, 0.5) is 5.69 Å². The first kappa shape index (κ1) is 11.8. The molecule has 0 heterocycles. The highest BCUT2D eigenvalue weighted by molar-refractivity contribution is 8.00. The van der Waals surface area contributed by atoms with Crippen LogP contribution in [0.3, 0.4) is 0 Å². The molecule has 78 valence electrons. The van der Waals surface area contributed by atoms with Gasteiger partial charge >= 0.3 is 0 Å². The first-order chi connectivity index (χ1) is 7.04. The Morgan fingerprint density at radius 1 is 1.67 bits per heavy atom. The lowest BCUT2D eigenvalue weighted by atomic mass is 10.3. The number of rotatable bonds is 3. The summed E-state index contributed by atoms with van der Waals surface area (Å²) in [4.78, 5) is 10.6. The van der Waals surface area contributed by atoms with Crippen LogP contribution in [0, 0.1) is 21.4 Å². The van der Waals surface area contributed by atoms with Gasteiger partial charge in [-0.2, -0.15) is 5.26 Å². The molecule has 4 nitrogen and oxygen atoms in total. The lowest BCUT2D eigenvalue weighted by molar-refractivity contribution is -0.384. The van der Waals surface area contributed by atoms with E-state index in [-0.39, 0.29) is 10.9 Å². The number of nitro groups is 1.